The Morgan fingerprint density at radius 2 is 2.08 bits per heavy atom. The molecule has 0 amide bonds. The Hall–Kier alpha value is -0.0500. The molecule has 0 radical (unpaired) electrons. The first kappa shape index (κ1) is 9.50. The van der Waals surface area contributed by atoms with Crippen LogP contribution in [0, 0.1) is 5.92 Å². The molecule has 0 N–H and O–H groups in total. The SMILES string of the molecule is C[I-]CC1CCc2ccccc2C1. The first-order valence-electron chi connectivity index (χ1n) is 4.90. The Morgan fingerprint density at radius 1 is 1.31 bits per heavy atom. The number of benzene rings is 1. The van der Waals surface area contributed by atoms with Crippen molar-refractivity contribution < 1.29 is 21.2 Å². The van der Waals surface area contributed by atoms with Crippen molar-refractivity contribution >= 4 is 0 Å². The number of alkyl halides is 2. The molecule has 0 nitrogen and oxygen atoms in total. The molecule has 1 heteroatoms. The van der Waals surface area contributed by atoms with Crippen molar-refractivity contribution in [2.45, 2.75) is 19.3 Å². The van der Waals surface area contributed by atoms with Crippen LogP contribution < -0.4 is 21.2 Å². The first-order chi connectivity index (χ1) is 6.40. The van der Waals surface area contributed by atoms with Crippen molar-refractivity contribution in [3.63, 3.8) is 0 Å². The minimum atomic E-state index is 0.492. The van der Waals surface area contributed by atoms with Gasteiger partial charge in [0.2, 0.25) is 0 Å². The molecule has 72 valence electrons. The molecule has 0 aliphatic heterocycles. The van der Waals surface area contributed by atoms with Gasteiger partial charge in [-0.05, 0) is 0 Å². The second-order valence-electron chi connectivity index (χ2n) is 3.80. The van der Waals surface area contributed by atoms with Crippen LogP contribution in [-0.4, -0.2) is 9.36 Å². The zero-order chi connectivity index (χ0) is 9.10. The summed E-state index contributed by atoms with van der Waals surface area (Å²) in [5.74, 6) is 1.01. The van der Waals surface area contributed by atoms with Crippen LogP contribution in [0.1, 0.15) is 17.5 Å². The molecule has 1 aliphatic rings. The van der Waals surface area contributed by atoms with E-state index in [0.717, 1.165) is 5.92 Å². The van der Waals surface area contributed by atoms with Gasteiger partial charge in [0.25, 0.3) is 0 Å². The van der Waals surface area contributed by atoms with Crippen molar-refractivity contribution in [1.29, 1.82) is 0 Å². The van der Waals surface area contributed by atoms with E-state index in [-0.39, 0.29) is 0 Å². The van der Waals surface area contributed by atoms with Crippen LogP contribution >= 0.6 is 0 Å². The standard InChI is InChI=1S/C12H16I/c1-13-9-10-6-7-11-4-2-3-5-12(11)8-10/h2-5,10H,6-9H2,1H3/q-1. The molecular weight excluding hydrogens is 271 g/mol. The van der Waals surface area contributed by atoms with Gasteiger partial charge in [-0.15, -0.1) is 0 Å². The van der Waals surface area contributed by atoms with Crippen LogP contribution in [0.4, 0.5) is 0 Å². The predicted molar refractivity (Wildman–Crippen MR) is 52.7 cm³/mol. The second kappa shape index (κ2) is 4.45. The third-order valence-electron chi connectivity index (χ3n) is 2.82. The fourth-order valence-corrected chi connectivity index (χ4v) is 4.12. The van der Waals surface area contributed by atoms with Crippen molar-refractivity contribution in [1.82, 2.24) is 0 Å². The molecule has 0 heterocycles. The van der Waals surface area contributed by atoms with Gasteiger partial charge < -0.3 is 0 Å². The molecule has 0 saturated carbocycles. The number of aryl methyl sites for hydroxylation is 1. The molecule has 1 aromatic carbocycles. The Balaban J connectivity index is 2.11. The van der Waals surface area contributed by atoms with Crippen LogP contribution in [0.15, 0.2) is 24.3 Å². The molecule has 1 aromatic rings. The average molecular weight is 287 g/mol. The summed E-state index contributed by atoms with van der Waals surface area (Å²) in [7, 11) is 0. The van der Waals surface area contributed by atoms with E-state index in [1.165, 1.54) is 23.7 Å². The molecule has 0 saturated heterocycles. The van der Waals surface area contributed by atoms with Gasteiger partial charge in [0.1, 0.15) is 0 Å². The Bertz CT molecular complexity index is 280. The summed E-state index contributed by atoms with van der Waals surface area (Å²) in [6.45, 7) is 0. The summed E-state index contributed by atoms with van der Waals surface area (Å²) < 4.78 is 1.52. The minimum absolute atomic E-state index is 0.492. The Morgan fingerprint density at radius 3 is 2.85 bits per heavy atom. The number of rotatable bonds is 2. The monoisotopic (exact) mass is 287 g/mol. The van der Waals surface area contributed by atoms with Gasteiger partial charge in [-0.1, -0.05) is 0 Å². The van der Waals surface area contributed by atoms with Crippen LogP contribution in [0.5, 0.6) is 0 Å². The molecular formula is C12H16I-. The van der Waals surface area contributed by atoms with E-state index < -0.39 is 0 Å². The van der Waals surface area contributed by atoms with Crippen LogP contribution in [0.2, 0.25) is 0 Å². The van der Waals surface area contributed by atoms with E-state index in [0.29, 0.717) is 21.2 Å². The summed E-state index contributed by atoms with van der Waals surface area (Å²) in [5, 5.41) is 0. The molecule has 0 bridgehead atoms. The fourth-order valence-electron chi connectivity index (χ4n) is 2.12. The Labute approximate surface area is 91.0 Å². The Kier molecular flexibility index (Phi) is 3.25. The average Bonchev–Trinajstić information content (AvgIpc) is 2.18. The molecule has 0 fully saturated rings. The molecule has 0 aromatic heterocycles. The quantitative estimate of drug-likeness (QED) is 0.509. The van der Waals surface area contributed by atoms with E-state index in [9.17, 15) is 0 Å². The zero-order valence-corrected chi connectivity index (χ0v) is 10.3. The van der Waals surface area contributed by atoms with E-state index in [1.807, 2.05) is 0 Å². The van der Waals surface area contributed by atoms with Crippen molar-refractivity contribution in [2.24, 2.45) is 5.92 Å². The summed E-state index contributed by atoms with van der Waals surface area (Å²) >= 11 is 0.492. The molecule has 1 aliphatic carbocycles. The molecule has 13 heavy (non-hydrogen) atoms. The van der Waals surface area contributed by atoms with Crippen molar-refractivity contribution in [2.75, 3.05) is 9.36 Å². The summed E-state index contributed by atoms with van der Waals surface area (Å²) in [5.41, 5.74) is 3.23. The molecule has 1 unspecified atom stereocenters. The van der Waals surface area contributed by atoms with Crippen molar-refractivity contribution in [3.05, 3.63) is 35.4 Å². The van der Waals surface area contributed by atoms with Crippen LogP contribution in [-0.2, 0) is 12.8 Å². The third kappa shape index (κ3) is 2.25. The fraction of sp³-hybridized carbons (Fsp3) is 0.500. The molecule has 2 rings (SSSR count). The summed E-state index contributed by atoms with van der Waals surface area (Å²) in [4.78, 5) is 2.40. The van der Waals surface area contributed by atoms with E-state index in [1.54, 1.807) is 11.1 Å². The van der Waals surface area contributed by atoms with Gasteiger partial charge in [0.15, 0.2) is 0 Å². The number of fused-ring (bicyclic) bond motifs is 1. The van der Waals surface area contributed by atoms with Gasteiger partial charge in [-0.3, -0.25) is 0 Å². The van der Waals surface area contributed by atoms with Gasteiger partial charge in [0.05, 0.1) is 0 Å². The maximum atomic E-state index is 2.40. The summed E-state index contributed by atoms with van der Waals surface area (Å²) in [6, 6.07) is 8.97. The van der Waals surface area contributed by atoms with Gasteiger partial charge >= 0.3 is 91.1 Å². The third-order valence-corrected chi connectivity index (χ3v) is 4.95. The topological polar surface area (TPSA) is 0 Å². The molecule has 0 spiro atoms. The second-order valence-corrected chi connectivity index (χ2v) is 6.21. The predicted octanol–water partition coefficient (Wildman–Crippen LogP) is -0.490. The van der Waals surface area contributed by atoms with Gasteiger partial charge in [0, 0.05) is 0 Å². The number of halogens is 1. The van der Waals surface area contributed by atoms with Crippen LogP contribution in [0.25, 0.3) is 0 Å². The van der Waals surface area contributed by atoms with E-state index in [4.69, 9.17) is 0 Å². The zero-order valence-electron chi connectivity index (χ0n) is 8.09. The van der Waals surface area contributed by atoms with E-state index >= 15 is 0 Å². The van der Waals surface area contributed by atoms with Gasteiger partial charge in [-0.25, -0.2) is 0 Å². The van der Waals surface area contributed by atoms with Gasteiger partial charge in [-0.2, -0.15) is 0 Å². The normalized spacial score (nSPS) is 21.5. The number of hydrogen-bond acceptors (Lipinski definition) is 0. The maximum absolute atomic E-state index is 2.40. The first-order valence-corrected chi connectivity index (χ1v) is 8.59. The molecule has 1 atom stereocenters. The van der Waals surface area contributed by atoms with Crippen LogP contribution in [0.3, 0.4) is 0 Å². The van der Waals surface area contributed by atoms with Crippen molar-refractivity contribution in [3.8, 4) is 0 Å². The number of hydrogen-bond donors (Lipinski definition) is 0. The summed E-state index contributed by atoms with van der Waals surface area (Å²) in [6.07, 6.45) is 4.11. The van der Waals surface area contributed by atoms with E-state index in [2.05, 4.69) is 29.2 Å².